The zero-order valence-corrected chi connectivity index (χ0v) is 90.4. The van der Waals surface area contributed by atoms with Crippen LogP contribution in [0.15, 0.2) is 0 Å². The van der Waals surface area contributed by atoms with E-state index in [1.54, 1.807) is 107 Å². The second-order valence-corrected chi connectivity index (χ2v) is 38.5. The zero-order valence-electron chi connectivity index (χ0n) is 90.4. The van der Waals surface area contributed by atoms with E-state index in [4.69, 9.17) is 106 Å². The number of hydrogen-bond donors (Lipinski definition) is 7. The quantitative estimate of drug-likeness (QED) is 0.0632. The number of rotatable bonds is 19. The van der Waals surface area contributed by atoms with Crippen molar-refractivity contribution in [2.45, 2.75) is 353 Å². The highest BCUT2D eigenvalue weighted by Gasteiger charge is 2.27. The van der Waals surface area contributed by atoms with E-state index in [0.717, 1.165) is 233 Å². The third-order valence-electron chi connectivity index (χ3n) is 28.2. The van der Waals surface area contributed by atoms with Gasteiger partial charge in [0.05, 0.1) is 123 Å². The summed E-state index contributed by atoms with van der Waals surface area (Å²) >= 11 is 0. The summed E-state index contributed by atoms with van der Waals surface area (Å²) in [6.07, 6.45) is 48.9. The summed E-state index contributed by atoms with van der Waals surface area (Å²) in [6.45, 7) is 23.0. The van der Waals surface area contributed by atoms with Gasteiger partial charge in [-0.2, -0.15) is 0 Å². The molecule has 0 spiro atoms. The summed E-state index contributed by atoms with van der Waals surface area (Å²) in [7, 11) is 45.0. The molecular weight excluding hydrogens is 1720 g/mol. The lowest BCUT2D eigenvalue weighted by Gasteiger charge is -2.34. The molecule has 0 bridgehead atoms. The number of nitrogens with zero attached hydrogens (tertiary/aromatic N) is 5. The molecule has 6 unspecified atom stereocenters. The Morgan fingerprint density at radius 2 is 0.582 bits per heavy atom. The first-order valence-electron chi connectivity index (χ1n) is 52.0. The van der Waals surface area contributed by atoms with Gasteiger partial charge in [0.2, 0.25) is 0 Å². The molecule has 5 saturated carbocycles. The molecule has 134 heavy (non-hydrogen) atoms. The van der Waals surface area contributed by atoms with Crippen LogP contribution in [0, 0.1) is 0 Å². The van der Waals surface area contributed by atoms with Gasteiger partial charge in [0, 0.05) is 237 Å². The van der Waals surface area contributed by atoms with Crippen molar-refractivity contribution in [3.63, 3.8) is 0 Å². The van der Waals surface area contributed by atoms with Crippen molar-refractivity contribution >= 4 is 0 Å². The molecule has 6 atom stereocenters. The van der Waals surface area contributed by atoms with Gasteiger partial charge in [-0.25, -0.2) is 0 Å². The monoisotopic (exact) mass is 1930 g/mol. The molecule has 0 aromatic rings. The van der Waals surface area contributed by atoms with Gasteiger partial charge >= 0.3 is 0 Å². The summed E-state index contributed by atoms with van der Waals surface area (Å²) in [5, 5.41) is 25.2. The molecule has 8 N–H and O–H groups in total. The normalized spacial score (nSPS) is 30.4. The molecule has 16 fully saturated rings. The lowest BCUT2D eigenvalue weighted by Crippen LogP contribution is -2.48. The molecule has 804 valence electrons. The molecule has 0 aromatic carbocycles. The molecular formula is C102H215N11O21. The van der Waals surface area contributed by atoms with Crippen LogP contribution in [0.4, 0.5) is 0 Å². The van der Waals surface area contributed by atoms with Crippen molar-refractivity contribution in [1.82, 2.24) is 51.1 Å². The van der Waals surface area contributed by atoms with Crippen LogP contribution in [0.1, 0.15) is 225 Å². The van der Waals surface area contributed by atoms with Crippen molar-refractivity contribution in [3.05, 3.63) is 0 Å². The number of hydrogen-bond acceptors (Lipinski definition) is 32. The first-order valence-corrected chi connectivity index (χ1v) is 52.0. The molecule has 32 heteroatoms. The van der Waals surface area contributed by atoms with Crippen LogP contribution >= 0.6 is 0 Å². The Labute approximate surface area is 820 Å². The van der Waals surface area contributed by atoms with E-state index >= 15 is 0 Å². The maximum atomic E-state index is 9.07. The van der Waals surface area contributed by atoms with Gasteiger partial charge in [0.1, 0.15) is 0 Å². The van der Waals surface area contributed by atoms with Crippen LogP contribution in [0.2, 0.25) is 0 Å². The summed E-state index contributed by atoms with van der Waals surface area (Å²) < 4.78 is 103. The average Bonchev–Trinajstić information content (AvgIpc) is 1.08. The minimum absolute atomic E-state index is 0.0589. The maximum absolute atomic E-state index is 9.07. The van der Waals surface area contributed by atoms with Crippen LogP contribution in [-0.4, -0.2) is 472 Å². The van der Waals surface area contributed by atoms with Gasteiger partial charge in [0.15, 0.2) is 0 Å². The molecule has 11 saturated heterocycles. The van der Waals surface area contributed by atoms with E-state index in [-0.39, 0.29) is 6.10 Å². The Balaban J connectivity index is 0.000000716. The van der Waals surface area contributed by atoms with E-state index in [2.05, 4.69) is 93.4 Å². The van der Waals surface area contributed by atoms with Crippen LogP contribution in [-0.2, 0) is 94.7 Å². The number of ether oxygens (including phenoxy) is 20. The third kappa shape index (κ3) is 69.6. The number of nitrogens with one attached hydrogen (secondary N) is 5. The third-order valence-corrected chi connectivity index (χ3v) is 28.2. The van der Waals surface area contributed by atoms with Crippen molar-refractivity contribution in [1.29, 1.82) is 0 Å². The largest absolute Gasteiger partial charge is 0.393 e. The van der Waals surface area contributed by atoms with Crippen molar-refractivity contribution in [3.8, 4) is 0 Å². The SMILES string of the molecule is CNC1CCC(OC)CC1.COC1CCC(N(C)C)CC1.COC1CCC(N)CC1.COC1CCC(O)CC1.COC1CCC(OC)CC1.COC1CCCN(C)C1.COC1CCCNC1.COC1CCCOC1.COC1CCN(C)C1.COC1CCN(C)CC1.COC1CCNC1.COC1CCNCC1.COC1CCOC1.COC1CCOCC1.COC1CN(C)C1.COC1CNC1. The van der Waals surface area contributed by atoms with Gasteiger partial charge < -0.3 is 157 Å². The van der Waals surface area contributed by atoms with E-state index < -0.39 is 0 Å². The Kier molecular flexibility index (Phi) is 87.2. The number of likely N-dealkylation sites (N-methyl/N-ethyl adjacent to an activating group) is 3. The van der Waals surface area contributed by atoms with Crippen LogP contribution in [0.25, 0.3) is 0 Å². The van der Waals surface area contributed by atoms with Crippen molar-refractivity contribution in [2.24, 2.45) is 5.73 Å². The lowest BCUT2D eigenvalue weighted by atomic mass is 9.92. The standard InChI is InChI=1S/C9H19NO.C8H17NO.C8H16O2.3C7H15NO.C7H14O2.3C6H13NO.2C6H12O2.2C5H11NO.C5H10O2.C4H9NO/c1-10(2)8-4-6-9(11-3)7-5-8;2*1-9-7-3-5-8(10-2)6-4-7;1-8-5-3-7(9-2)4-6-8;1-8-5-3-4-7(6-8)9-2;2*1-9-7-4-2-6(8)3-5-7;1-7-4-3-6(5-7)8-2;1-8-6-2-4-7-5-3-6;1-8-6-3-2-4-7-5-6;1-7-6-2-4-8-5-3-6;1-7-6-3-2-4-8-5-6;1-6-3-5(4-6)7-2;1-7-5-2-3-6-4-5;1-6-5-2-3-7-4-5;1-6-4-2-5-3-4/h8-9H,4-7H2,1-3H3;7-9H,3-6H2,1-2H3;7-8H,3-6H2,1-2H3;2*7H,3-6H2,1-2H3;6-7H,2-5,8H2,1H3;6-8H,2-5H2,1H3;6H,3-5H2,1-2H3;2*6-7H,2-5H2,1H3;2*6H,2-5H2,1H3;5H,3-4H2,1-2H3;5-6H,2-4H2,1H3;5H,2-4H2,1H3;4-5H,2-3H2,1H3. The van der Waals surface area contributed by atoms with Gasteiger partial charge in [-0.3, -0.25) is 0 Å². The van der Waals surface area contributed by atoms with Crippen LogP contribution < -0.4 is 32.3 Å². The predicted octanol–water partition coefficient (Wildman–Crippen LogP) is 10.3. The van der Waals surface area contributed by atoms with Crippen molar-refractivity contribution < 1.29 is 99.8 Å². The zero-order chi connectivity index (χ0) is 99.0. The number of aliphatic hydroxyl groups excluding tert-OH is 1. The highest BCUT2D eigenvalue weighted by molar-refractivity contribution is 4.82. The smallest absolute Gasteiger partial charge is 0.0826 e. The Morgan fingerprint density at radius 3 is 0.888 bits per heavy atom. The predicted molar refractivity (Wildman–Crippen MR) is 543 cm³/mol. The fraction of sp³-hybridized carbons (Fsp3) is 1.00. The second kappa shape index (κ2) is 89.3. The van der Waals surface area contributed by atoms with Gasteiger partial charge in [-0.15, -0.1) is 0 Å². The number of likely N-dealkylation sites (tertiary alicyclic amines) is 4. The second-order valence-electron chi connectivity index (χ2n) is 38.5. The van der Waals surface area contributed by atoms with E-state index in [1.807, 2.05) is 21.3 Å². The molecule has 11 aliphatic heterocycles. The van der Waals surface area contributed by atoms with E-state index in [1.165, 1.54) is 148 Å². The highest BCUT2D eigenvalue weighted by Crippen LogP contribution is 2.26. The van der Waals surface area contributed by atoms with E-state index in [0.29, 0.717) is 110 Å². The fourth-order valence-electron chi connectivity index (χ4n) is 17.7. The Hall–Kier alpha value is -1.28. The Morgan fingerprint density at radius 1 is 0.269 bits per heavy atom. The molecule has 16 rings (SSSR count). The van der Waals surface area contributed by atoms with Gasteiger partial charge in [0.25, 0.3) is 0 Å². The molecule has 5 aliphatic carbocycles. The first-order chi connectivity index (χ1) is 64.9. The minimum atomic E-state index is -0.0589. The molecule has 0 radical (unpaired) electrons. The molecule has 11 heterocycles. The molecule has 32 nitrogen and oxygen atoms in total. The van der Waals surface area contributed by atoms with Gasteiger partial charge in [-0.1, -0.05) is 0 Å². The average molecular weight is 1930 g/mol. The molecule has 0 aromatic heterocycles. The van der Waals surface area contributed by atoms with Crippen LogP contribution in [0.3, 0.4) is 0 Å². The fourth-order valence-corrected chi connectivity index (χ4v) is 17.7. The molecule has 0 amide bonds. The minimum Gasteiger partial charge on any atom is -0.393 e. The maximum Gasteiger partial charge on any atom is 0.0826 e. The topological polar surface area (TPSA) is 307 Å². The number of methoxy groups -OCH3 is 17. The van der Waals surface area contributed by atoms with E-state index in [9.17, 15) is 0 Å². The first kappa shape index (κ1) is 131. The molecule has 16 aliphatic rings. The lowest BCUT2D eigenvalue weighted by molar-refractivity contribution is -0.0291. The summed E-state index contributed by atoms with van der Waals surface area (Å²) in [4.78, 5) is 11.5. The summed E-state index contributed by atoms with van der Waals surface area (Å²) in [5.41, 5.74) is 5.70. The van der Waals surface area contributed by atoms with Crippen molar-refractivity contribution in [2.75, 3.05) is 315 Å². The summed E-state index contributed by atoms with van der Waals surface area (Å²) in [6, 6.07) is 1.98. The number of aliphatic hydroxyl groups is 1. The highest BCUT2D eigenvalue weighted by atomic mass is 16.5. The summed E-state index contributed by atoms with van der Waals surface area (Å²) in [5.74, 6) is 0. The van der Waals surface area contributed by atoms with Gasteiger partial charge in [-0.05, 0) is 307 Å². The van der Waals surface area contributed by atoms with Crippen LogP contribution in [0.5, 0.6) is 0 Å². The number of piperidine rings is 4. The Bertz CT molecular complexity index is 2180. The number of nitrogens with two attached hydrogens (primary N) is 1.